The van der Waals surface area contributed by atoms with E-state index in [1.54, 1.807) is 0 Å². The number of halogens is 1. The van der Waals surface area contributed by atoms with Crippen LogP contribution in [0.4, 0.5) is 5.69 Å². The summed E-state index contributed by atoms with van der Waals surface area (Å²) in [4.78, 5) is 0. The molecule has 2 nitrogen and oxygen atoms in total. The maximum Gasteiger partial charge on any atom is 0.122 e. The van der Waals surface area contributed by atoms with E-state index in [9.17, 15) is 0 Å². The van der Waals surface area contributed by atoms with Crippen molar-refractivity contribution in [1.29, 1.82) is 0 Å². The summed E-state index contributed by atoms with van der Waals surface area (Å²) in [6.45, 7) is 0.506. The van der Waals surface area contributed by atoms with E-state index in [1.807, 2.05) is 72.8 Å². The van der Waals surface area contributed by atoms with Gasteiger partial charge in [0.15, 0.2) is 0 Å². The molecular formula is C19H16ClNO. The summed E-state index contributed by atoms with van der Waals surface area (Å²) in [5, 5.41) is 0.696. The fourth-order valence-electron chi connectivity index (χ4n) is 2.30. The van der Waals surface area contributed by atoms with Crippen molar-refractivity contribution >= 4 is 17.3 Å². The summed E-state index contributed by atoms with van der Waals surface area (Å²) in [5.74, 6) is 0.735. The number of ether oxygens (including phenoxy) is 1. The van der Waals surface area contributed by atoms with Crippen LogP contribution in [-0.2, 0) is 6.61 Å². The van der Waals surface area contributed by atoms with Crippen LogP contribution in [0.3, 0.4) is 0 Å². The zero-order valence-corrected chi connectivity index (χ0v) is 12.8. The normalized spacial score (nSPS) is 10.4. The molecule has 0 spiro atoms. The average Bonchev–Trinajstić information content (AvgIpc) is 2.54. The Bertz CT molecular complexity index is 771. The number of benzene rings is 3. The van der Waals surface area contributed by atoms with E-state index in [1.165, 1.54) is 0 Å². The maximum absolute atomic E-state index is 6.25. The Labute approximate surface area is 135 Å². The van der Waals surface area contributed by atoms with Crippen molar-refractivity contribution in [2.75, 3.05) is 5.73 Å². The molecule has 3 heteroatoms. The van der Waals surface area contributed by atoms with Crippen molar-refractivity contribution < 1.29 is 4.74 Å². The van der Waals surface area contributed by atoms with Crippen molar-refractivity contribution in [3.63, 3.8) is 0 Å². The van der Waals surface area contributed by atoms with Crippen LogP contribution in [0.5, 0.6) is 5.75 Å². The van der Waals surface area contributed by atoms with E-state index in [4.69, 9.17) is 22.1 Å². The standard InChI is InChI=1S/C19H16ClNO/c20-19-9-5-4-8-18(19)15-10-16(21)12-17(11-15)22-13-14-6-2-1-3-7-14/h1-12H,13,21H2. The number of nitrogen functional groups attached to an aromatic ring is 1. The third kappa shape index (κ3) is 3.41. The highest BCUT2D eigenvalue weighted by molar-refractivity contribution is 6.33. The third-order valence-corrected chi connectivity index (χ3v) is 3.69. The molecule has 0 radical (unpaired) electrons. The van der Waals surface area contributed by atoms with Gasteiger partial charge in [-0.2, -0.15) is 0 Å². The van der Waals surface area contributed by atoms with Crippen LogP contribution < -0.4 is 10.5 Å². The van der Waals surface area contributed by atoms with Gasteiger partial charge in [-0.15, -0.1) is 0 Å². The van der Waals surface area contributed by atoms with Gasteiger partial charge in [-0.25, -0.2) is 0 Å². The van der Waals surface area contributed by atoms with Gasteiger partial charge in [0.05, 0.1) is 0 Å². The molecule has 0 bridgehead atoms. The largest absolute Gasteiger partial charge is 0.489 e. The minimum absolute atomic E-state index is 0.506. The van der Waals surface area contributed by atoms with Crippen molar-refractivity contribution in [2.24, 2.45) is 0 Å². The molecule has 2 N–H and O–H groups in total. The van der Waals surface area contributed by atoms with Crippen LogP contribution in [0.25, 0.3) is 11.1 Å². The molecule has 3 aromatic rings. The van der Waals surface area contributed by atoms with Crippen molar-refractivity contribution in [2.45, 2.75) is 6.61 Å². The topological polar surface area (TPSA) is 35.2 Å². The molecule has 3 rings (SSSR count). The molecule has 0 fully saturated rings. The number of hydrogen-bond donors (Lipinski definition) is 1. The second kappa shape index (κ2) is 6.54. The lowest BCUT2D eigenvalue weighted by Crippen LogP contribution is -1.96. The van der Waals surface area contributed by atoms with E-state index >= 15 is 0 Å². The van der Waals surface area contributed by atoms with E-state index in [-0.39, 0.29) is 0 Å². The first kappa shape index (κ1) is 14.5. The first-order valence-corrected chi connectivity index (χ1v) is 7.42. The Hall–Kier alpha value is -2.45. The van der Waals surface area contributed by atoms with Gasteiger partial charge in [-0.3, -0.25) is 0 Å². The maximum atomic E-state index is 6.25. The highest BCUT2D eigenvalue weighted by Gasteiger charge is 2.06. The van der Waals surface area contributed by atoms with Crippen LogP contribution in [0.15, 0.2) is 72.8 Å². The van der Waals surface area contributed by atoms with Gasteiger partial charge in [0.1, 0.15) is 12.4 Å². The molecule has 0 atom stereocenters. The lowest BCUT2D eigenvalue weighted by atomic mass is 10.0. The molecule has 110 valence electrons. The van der Waals surface area contributed by atoms with Gasteiger partial charge in [0.25, 0.3) is 0 Å². The average molecular weight is 310 g/mol. The van der Waals surface area contributed by atoms with E-state index in [0.717, 1.165) is 22.4 Å². The van der Waals surface area contributed by atoms with Crippen LogP contribution >= 0.6 is 11.6 Å². The SMILES string of the molecule is Nc1cc(OCc2ccccc2)cc(-c2ccccc2Cl)c1. The Morgan fingerprint density at radius 1 is 0.864 bits per heavy atom. The molecular weight excluding hydrogens is 294 g/mol. The van der Waals surface area contributed by atoms with Gasteiger partial charge < -0.3 is 10.5 Å². The molecule has 0 aliphatic heterocycles. The Morgan fingerprint density at radius 2 is 1.59 bits per heavy atom. The van der Waals surface area contributed by atoms with Gasteiger partial charge in [0, 0.05) is 22.3 Å². The number of anilines is 1. The second-order valence-corrected chi connectivity index (χ2v) is 5.45. The van der Waals surface area contributed by atoms with Crippen molar-refractivity contribution in [1.82, 2.24) is 0 Å². The summed E-state index contributed by atoms with van der Waals surface area (Å²) in [5.41, 5.74) is 9.66. The summed E-state index contributed by atoms with van der Waals surface area (Å²) >= 11 is 6.25. The van der Waals surface area contributed by atoms with Crippen molar-refractivity contribution in [3.8, 4) is 16.9 Å². The summed E-state index contributed by atoms with van der Waals surface area (Å²) in [6, 6.07) is 23.4. The molecule has 0 aliphatic rings. The Morgan fingerprint density at radius 3 is 2.36 bits per heavy atom. The van der Waals surface area contributed by atoms with Gasteiger partial charge in [-0.1, -0.05) is 60.1 Å². The lowest BCUT2D eigenvalue weighted by Gasteiger charge is -2.11. The molecule has 0 aromatic heterocycles. The first-order valence-electron chi connectivity index (χ1n) is 7.04. The molecule has 22 heavy (non-hydrogen) atoms. The van der Waals surface area contributed by atoms with Gasteiger partial charge in [0.2, 0.25) is 0 Å². The quantitative estimate of drug-likeness (QED) is 0.675. The molecule has 0 amide bonds. The molecule has 3 aromatic carbocycles. The number of nitrogens with two attached hydrogens (primary N) is 1. The summed E-state index contributed by atoms with van der Waals surface area (Å²) in [7, 11) is 0. The monoisotopic (exact) mass is 309 g/mol. The molecule has 0 heterocycles. The van der Waals surface area contributed by atoms with Crippen LogP contribution in [-0.4, -0.2) is 0 Å². The fraction of sp³-hybridized carbons (Fsp3) is 0.0526. The van der Waals surface area contributed by atoms with E-state index in [2.05, 4.69) is 0 Å². The van der Waals surface area contributed by atoms with E-state index < -0.39 is 0 Å². The Balaban J connectivity index is 1.86. The zero-order valence-electron chi connectivity index (χ0n) is 12.0. The molecule has 0 saturated carbocycles. The van der Waals surface area contributed by atoms with Gasteiger partial charge in [-0.05, 0) is 29.3 Å². The Kier molecular flexibility index (Phi) is 4.31. The minimum atomic E-state index is 0.506. The minimum Gasteiger partial charge on any atom is -0.489 e. The molecule has 0 aliphatic carbocycles. The molecule has 0 saturated heterocycles. The highest BCUT2D eigenvalue weighted by atomic mass is 35.5. The predicted molar refractivity (Wildman–Crippen MR) is 92.1 cm³/mol. The first-order chi connectivity index (χ1) is 10.7. The van der Waals surface area contributed by atoms with Crippen LogP contribution in [0.2, 0.25) is 5.02 Å². The summed E-state index contributed by atoms with van der Waals surface area (Å²) in [6.07, 6.45) is 0. The number of hydrogen-bond acceptors (Lipinski definition) is 2. The van der Waals surface area contributed by atoms with Crippen LogP contribution in [0, 0.1) is 0 Å². The number of rotatable bonds is 4. The third-order valence-electron chi connectivity index (χ3n) is 3.36. The highest BCUT2D eigenvalue weighted by Crippen LogP contribution is 2.32. The summed E-state index contributed by atoms with van der Waals surface area (Å²) < 4.78 is 5.85. The van der Waals surface area contributed by atoms with Crippen molar-refractivity contribution in [3.05, 3.63) is 83.4 Å². The fourth-order valence-corrected chi connectivity index (χ4v) is 2.54. The smallest absolute Gasteiger partial charge is 0.122 e. The predicted octanol–water partition coefficient (Wildman–Crippen LogP) is 5.17. The van der Waals surface area contributed by atoms with E-state index in [0.29, 0.717) is 17.3 Å². The van der Waals surface area contributed by atoms with Gasteiger partial charge >= 0.3 is 0 Å². The lowest BCUT2D eigenvalue weighted by molar-refractivity contribution is 0.306. The second-order valence-electron chi connectivity index (χ2n) is 5.04. The zero-order chi connectivity index (χ0) is 15.4. The van der Waals surface area contributed by atoms with Crippen LogP contribution in [0.1, 0.15) is 5.56 Å². The molecule has 0 unspecified atom stereocenters.